The Balaban J connectivity index is 2.25. The van der Waals surface area contributed by atoms with Crippen LogP contribution in [0.4, 0.5) is 0 Å². The number of ether oxygens (including phenoxy) is 1. The molecule has 2 aromatic carbocycles. The van der Waals surface area contributed by atoms with Crippen LogP contribution in [0.15, 0.2) is 59.5 Å². The van der Waals surface area contributed by atoms with Crippen molar-refractivity contribution in [1.29, 1.82) is 0 Å². The highest BCUT2D eigenvalue weighted by atomic mass is 32.2. The minimum Gasteiger partial charge on any atom is -0.469 e. The van der Waals surface area contributed by atoms with E-state index in [0.29, 0.717) is 18.5 Å². The maximum Gasteiger partial charge on any atom is 0.310 e. The van der Waals surface area contributed by atoms with Gasteiger partial charge in [0, 0.05) is 24.7 Å². The second-order valence-corrected chi connectivity index (χ2v) is 9.26. The van der Waals surface area contributed by atoms with Crippen LogP contribution in [0.25, 0.3) is 0 Å². The molecule has 7 nitrogen and oxygen atoms in total. The van der Waals surface area contributed by atoms with E-state index in [2.05, 4.69) is 4.72 Å². The summed E-state index contributed by atoms with van der Waals surface area (Å²) in [4.78, 5) is 26.7. The zero-order valence-corrected chi connectivity index (χ0v) is 19.2. The maximum atomic E-state index is 13.2. The molecule has 8 heteroatoms. The Morgan fingerprint density at radius 1 is 1.03 bits per heavy atom. The van der Waals surface area contributed by atoms with Gasteiger partial charge < -0.3 is 9.64 Å². The highest BCUT2D eigenvalue weighted by Crippen LogP contribution is 2.16. The fourth-order valence-electron chi connectivity index (χ4n) is 3.00. The molecule has 168 valence electrons. The molecule has 0 radical (unpaired) electrons. The standard InChI is InChI=1S/C23H30N2O5S/c1-5-18(3)24-31(28,29)21-13-11-20(12-14-21)22(26)25(15-17(2)23(27)30-4)16-19-9-7-6-8-10-19/h6-14,17-18,24H,5,15-16H2,1-4H3. The summed E-state index contributed by atoms with van der Waals surface area (Å²) < 4.78 is 32.3. The Morgan fingerprint density at radius 2 is 1.65 bits per heavy atom. The third kappa shape index (κ3) is 6.90. The second-order valence-electron chi connectivity index (χ2n) is 7.55. The summed E-state index contributed by atoms with van der Waals surface area (Å²) in [6.07, 6.45) is 0.669. The summed E-state index contributed by atoms with van der Waals surface area (Å²) in [5.74, 6) is -1.20. The molecule has 31 heavy (non-hydrogen) atoms. The van der Waals surface area contributed by atoms with Gasteiger partial charge in [-0.1, -0.05) is 44.2 Å². The van der Waals surface area contributed by atoms with Crippen molar-refractivity contribution in [2.24, 2.45) is 5.92 Å². The van der Waals surface area contributed by atoms with Gasteiger partial charge in [-0.25, -0.2) is 13.1 Å². The lowest BCUT2D eigenvalue weighted by Crippen LogP contribution is -2.37. The van der Waals surface area contributed by atoms with Gasteiger partial charge in [-0.3, -0.25) is 9.59 Å². The van der Waals surface area contributed by atoms with E-state index in [1.165, 1.54) is 31.4 Å². The third-order valence-electron chi connectivity index (χ3n) is 4.98. The molecule has 0 aliphatic rings. The number of rotatable bonds is 10. The molecule has 0 saturated carbocycles. The van der Waals surface area contributed by atoms with Crippen LogP contribution in [0.5, 0.6) is 0 Å². The van der Waals surface area contributed by atoms with Gasteiger partial charge in [0.25, 0.3) is 5.91 Å². The Bertz CT molecular complexity index is 975. The lowest BCUT2D eigenvalue weighted by atomic mass is 10.1. The predicted molar refractivity (Wildman–Crippen MR) is 119 cm³/mol. The van der Waals surface area contributed by atoms with Crippen LogP contribution < -0.4 is 4.72 Å². The number of carbonyl (C=O) groups excluding carboxylic acids is 2. The van der Waals surface area contributed by atoms with E-state index < -0.39 is 21.9 Å². The molecule has 2 rings (SSSR count). The van der Waals surface area contributed by atoms with Crippen LogP contribution in [0.1, 0.15) is 43.1 Å². The smallest absolute Gasteiger partial charge is 0.310 e. The van der Waals surface area contributed by atoms with E-state index in [4.69, 9.17) is 4.74 Å². The molecule has 0 fully saturated rings. The van der Waals surface area contributed by atoms with Gasteiger partial charge in [0.1, 0.15) is 0 Å². The quantitative estimate of drug-likeness (QED) is 0.566. The molecule has 1 amide bonds. The Kier molecular flexibility index (Phi) is 8.76. The van der Waals surface area contributed by atoms with E-state index in [1.54, 1.807) is 18.7 Å². The van der Waals surface area contributed by atoms with Crippen molar-refractivity contribution in [2.75, 3.05) is 13.7 Å². The van der Waals surface area contributed by atoms with Crippen LogP contribution in [-0.2, 0) is 26.1 Å². The SMILES string of the molecule is CCC(C)NS(=O)(=O)c1ccc(C(=O)N(Cc2ccccc2)CC(C)C(=O)OC)cc1. The zero-order chi connectivity index (χ0) is 23.0. The molecule has 2 aromatic rings. The molecule has 0 bridgehead atoms. The van der Waals surface area contributed by atoms with Crippen molar-refractivity contribution in [2.45, 2.75) is 44.7 Å². The summed E-state index contributed by atoms with van der Waals surface area (Å²) in [6, 6.07) is 15.1. The van der Waals surface area contributed by atoms with E-state index >= 15 is 0 Å². The number of nitrogens with one attached hydrogen (secondary N) is 1. The fraction of sp³-hybridized carbons (Fsp3) is 0.391. The first-order chi connectivity index (χ1) is 14.7. The highest BCUT2D eigenvalue weighted by Gasteiger charge is 2.24. The lowest BCUT2D eigenvalue weighted by Gasteiger charge is -2.25. The number of nitrogens with zero attached hydrogens (tertiary/aromatic N) is 1. The summed E-state index contributed by atoms with van der Waals surface area (Å²) in [6.45, 7) is 5.88. The molecular weight excluding hydrogens is 416 g/mol. The maximum absolute atomic E-state index is 13.2. The van der Waals surface area contributed by atoms with E-state index in [0.717, 1.165) is 5.56 Å². The van der Waals surface area contributed by atoms with Crippen LogP contribution in [-0.4, -0.2) is 44.9 Å². The minimum absolute atomic E-state index is 0.0990. The molecule has 0 saturated heterocycles. The van der Waals surface area contributed by atoms with Crippen LogP contribution in [0.2, 0.25) is 0 Å². The van der Waals surface area contributed by atoms with Crippen molar-refractivity contribution >= 4 is 21.9 Å². The number of benzene rings is 2. The Morgan fingerprint density at radius 3 is 2.19 bits per heavy atom. The molecule has 0 aliphatic heterocycles. The summed E-state index contributed by atoms with van der Waals surface area (Å²) in [5, 5.41) is 0. The van der Waals surface area contributed by atoms with Gasteiger partial charge in [0.15, 0.2) is 0 Å². The lowest BCUT2D eigenvalue weighted by molar-refractivity contribution is -0.145. The normalized spacial score (nSPS) is 13.3. The van der Waals surface area contributed by atoms with Gasteiger partial charge in [-0.05, 0) is 43.2 Å². The van der Waals surface area contributed by atoms with Gasteiger partial charge in [-0.15, -0.1) is 0 Å². The molecule has 0 spiro atoms. The van der Waals surface area contributed by atoms with Gasteiger partial charge in [0.05, 0.1) is 17.9 Å². The second kappa shape index (κ2) is 11.1. The van der Waals surface area contributed by atoms with Gasteiger partial charge in [0.2, 0.25) is 10.0 Å². The van der Waals surface area contributed by atoms with E-state index in [-0.39, 0.29) is 23.4 Å². The number of sulfonamides is 1. The first-order valence-electron chi connectivity index (χ1n) is 10.2. The first-order valence-corrected chi connectivity index (χ1v) is 11.7. The zero-order valence-electron chi connectivity index (χ0n) is 18.4. The molecule has 0 aromatic heterocycles. The summed E-state index contributed by atoms with van der Waals surface area (Å²) >= 11 is 0. The van der Waals surface area contributed by atoms with E-state index in [1.807, 2.05) is 37.3 Å². The van der Waals surface area contributed by atoms with Crippen LogP contribution in [0, 0.1) is 5.92 Å². The summed E-state index contributed by atoms with van der Waals surface area (Å²) in [5.41, 5.74) is 1.26. The number of hydrogen-bond acceptors (Lipinski definition) is 5. The molecule has 2 atom stereocenters. The number of hydrogen-bond donors (Lipinski definition) is 1. The van der Waals surface area contributed by atoms with E-state index in [9.17, 15) is 18.0 Å². The summed E-state index contributed by atoms with van der Waals surface area (Å²) in [7, 11) is -2.34. The molecule has 1 N–H and O–H groups in total. The fourth-order valence-corrected chi connectivity index (χ4v) is 4.33. The predicted octanol–water partition coefficient (Wildman–Crippen LogP) is 3.21. The number of amides is 1. The third-order valence-corrected chi connectivity index (χ3v) is 6.59. The average molecular weight is 447 g/mol. The van der Waals surface area contributed by atoms with Crippen molar-refractivity contribution in [3.8, 4) is 0 Å². The number of esters is 1. The Labute approximate surface area is 184 Å². The highest BCUT2D eigenvalue weighted by molar-refractivity contribution is 7.89. The van der Waals surface area contributed by atoms with Crippen LogP contribution in [0.3, 0.4) is 0 Å². The number of methoxy groups -OCH3 is 1. The molecule has 0 heterocycles. The molecule has 0 aliphatic carbocycles. The van der Waals surface area contributed by atoms with Crippen LogP contribution >= 0.6 is 0 Å². The Hall–Kier alpha value is -2.71. The largest absolute Gasteiger partial charge is 0.469 e. The first kappa shape index (κ1) is 24.6. The van der Waals surface area contributed by atoms with Crippen molar-refractivity contribution in [3.05, 3.63) is 65.7 Å². The molecular formula is C23H30N2O5S. The van der Waals surface area contributed by atoms with Crippen molar-refractivity contribution in [3.63, 3.8) is 0 Å². The minimum atomic E-state index is -3.65. The topological polar surface area (TPSA) is 92.8 Å². The number of carbonyl (C=O) groups is 2. The monoisotopic (exact) mass is 446 g/mol. The van der Waals surface area contributed by atoms with Crippen molar-refractivity contribution < 1.29 is 22.7 Å². The van der Waals surface area contributed by atoms with Gasteiger partial charge >= 0.3 is 5.97 Å². The van der Waals surface area contributed by atoms with Gasteiger partial charge in [-0.2, -0.15) is 0 Å². The molecule has 2 unspecified atom stereocenters. The van der Waals surface area contributed by atoms with Crippen molar-refractivity contribution in [1.82, 2.24) is 9.62 Å². The average Bonchev–Trinajstić information content (AvgIpc) is 2.77.